The number of hydrogen-bond acceptors (Lipinski definition) is 3. The van der Waals surface area contributed by atoms with Crippen LogP contribution in [0, 0.1) is 5.82 Å². The van der Waals surface area contributed by atoms with Crippen molar-refractivity contribution in [3.05, 3.63) is 58.3 Å². The number of carbonyl (C=O) groups excluding carboxylic acids is 2. The van der Waals surface area contributed by atoms with Crippen molar-refractivity contribution in [1.29, 1.82) is 0 Å². The minimum atomic E-state index is -0.778. The van der Waals surface area contributed by atoms with Crippen LogP contribution in [0.5, 0.6) is 0 Å². The summed E-state index contributed by atoms with van der Waals surface area (Å²) in [5.74, 6) is -1.59. The molecule has 2 amide bonds. The third kappa shape index (κ3) is 3.02. The first-order chi connectivity index (χ1) is 11.0. The maximum atomic E-state index is 13.8. The molecule has 1 fully saturated rings. The minimum absolute atomic E-state index is 0.0408. The van der Waals surface area contributed by atoms with Crippen molar-refractivity contribution in [2.45, 2.75) is 12.5 Å². The molecule has 0 unspecified atom stereocenters. The molecule has 1 N–H and O–H groups in total. The number of imide groups is 1. The van der Waals surface area contributed by atoms with Crippen molar-refractivity contribution < 1.29 is 14.0 Å². The van der Waals surface area contributed by atoms with Crippen molar-refractivity contribution >= 4 is 46.4 Å². The number of amides is 2. The number of nitrogens with zero attached hydrogens (tertiary/aromatic N) is 1. The van der Waals surface area contributed by atoms with Gasteiger partial charge < -0.3 is 5.32 Å². The third-order valence-electron chi connectivity index (χ3n) is 3.50. The molecule has 2 aromatic carbocycles. The molecule has 0 spiro atoms. The van der Waals surface area contributed by atoms with Gasteiger partial charge in [0.2, 0.25) is 5.91 Å². The lowest BCUT2D eigenvalue weighted by atomic mass is 10.2. The number of nitrogens with one attached hydrogen (secondary N) is 1. The number of anilines is 2. The molecule has 1 saturated heterocycles. The molecule has 2 aromatic rings. The second kappa shape index (κ2) is 6.18. The summed E-state index contributed by atoms with van der Waals surface area (Å²) < 4.78 is 13.8. The fourth-order valence-electron chi connectivity index (χ4n) is 2.42. The zero-order valence-corrected chi connectivity index (χ0v) is 13.2. The van der Waals surface area contributed by atoms with Gasteiger partial charge in [-0.2, -0.15) is 0 Å². The first kappa shape index (κ1) is 15.8. The Kier molecular flexibility index (Phi) is 4.24. The van der Waals surface area contributed by atoms with Gasteiger partial charge in [-0.05, 0) is 30.3 Å². The van der Waals surface area contributed by atoms with Crippen molar-refractivity contribution in [2.75, 3.05) is 10.2 Å². The van der Waals surface area contributed by atoms with Crippen molar-refractivity contribution in [2.24, 2.45) is 0 Å². The van der Waals surface area contributed by atoms with E-state index < -0.39 is 23.7 Å². The van der Waals surface area contributed by atoms with Crippen LogP contribution in [0.2, 0.25) is 10.0 Å². The lowest BCUT2D eigenvalue weighted by Crippen LogP contribution is -2.35. The van der Waals surface area contributed by atoms with Gasteiger partial charge in [0.05, 0.1) is 22.2 Å². The van der Waals surface area contributed by atoms with E-state index in [1.54, 1.807) is 24.3 Å². The average molecular weight is 353 g/mol. The van der Waals surface area contributed by atoms with E-state index in [1.807, 2.05) is 0 Å². The molecule has 0 saturated carbocycles. The van der Waals surface area contributed by atoms with Crippen LogP contribution in [0.1, 0.15) is 6.42 Å². The average Bonchev–Trinajstić information content (AvgIpc) is 2.78. The molecule has 4 nitrogen and oxygen atoms in total. The van der Waals surface area contributed by atoms with Crippen LogP contribution in [0.25, 0.3) is 0 Å². The van der Waals surface area contributed by atoms with E-state index >= 15 is 0 Å². The predicted octanol–water partition coefficient (Wildman–Crippen LogP) is 3.88. The summed E-state index contributed by atoms with van der Waals surface area (Å²) >= 11 is 11.8. The van der Waals surface area contributed by atoms with Crippen LogP contribution in [0.15, 0.2) is 42.5 Å². The molecule has 23 heavy (non-hydrogen) atoms. The Labute approximate surface area is 141 Å². The van der Waals surface area contributed by atoms with E-state index in [-0.39, 0.29) is 12.1 Å². The van der Waals surface area contributed by atoms with Crippen LogP contribution in [0.3, 0.4) is 0 Å². The summed E-state index contributed by atoms with van der Waals surface area (Å²) in [6.45, 7) is 0. The Hall–Kier alpha value is -2.11. The smallest absolute Gasteiger partial charge is 0.256 e. The molecule has 3 rings (SSSR count). The Bertz CT molecular complexity index is 797. The molecular weight excluding hydrogens is 342 g/mol. The lowest BCUT2D eigenvalue weighted by molar-refractivity contribution is -0.121. The Morgan fingerprint density at radius 3 is 2.52 bits per heavy atom. The van der Waals surface area contributed by atoms with E-state index in [0.717, 1.165) is 4.90 Å². The van der Waals surface area contributed by atoms with E-state index in [2.05, 4.69) is 5.32 Å². The van der Waals surface area contributed by atoms with Crippen LogP contribution in [-0.4, -0.2) is 17.9 Å². The molecular formula is C16H11Cl2FN2O2. The van der Waals surface area contributed by atoms with Crippen LogP contribution in [0.4, 0.5) is 15.8 Å². The van der Waals surface area contributed by atoms with Gasteiger partial charge in [-0.3, -0.25) is 9.59 Å². The van der Waals surface area contributed by atoms with E-state index in [9.17, 15) is 14.0 Å². The summed E-state index contributed by atoms with van der Waals surface area (Å²) in [5, 5.41) is 3.65. The van der Waals surface area contributed by atoms with E-state index in [1.165, 1.54) is 18.2 Å². The molecule has 1 aliphatic rings. The van der Waals surface area contributed by atoms with Crippen molar-refractivity contribution in [1.82, 2.24) is 0 Å². The van der Waals surface area contributed by atoms with Gasteiger partial charge >= 0.3 is 0 Å². The summed E-state index contributed by atoms with van der Waals surface area (Å²) in [7, 11) is 0. The Balaban J connectivity index is 1.84. The predicted molar refractivity (Wildman–Crippen MR) is 87.4 cm³/mol. The normalized spacial score (nSPS) is 17.7. The molecule has 1 heterocycles. The Morgan fingerprint density at radius 1 is 1.09 bits per heavy atom. The molecule has 0 radical (unpaired) electrons. The number of benzene rings is 2. The Morgan fingerprint density at radius 2 is 1.83 bits per heavy atom. The topological polar surface area (TPSA) is 49.4 Å². The first-order valence-corrected chi connectivity index (χ1v) is 7.56. The third-order valence-corrected chi connectivity index (χ3v) is 4.24. The number of halogens is 3. The van der Waals surface area contributed by atoms with Crippen LogP contribution in [-0.2, 0) is 9.59 Å². The number of hydrogen-bond donors (Lipinski definition) is 1. The summed E-state index contributed by atoms with van der Waals surface area (Å²) in [4.78, 5) is 25.4. The molecule has 0 aromatic heterocycles. The molecule has 0 aliphatic carbocycles. The minimum Gasteiger partial charge on any atom is -0.373 e. The second-order valence-corrected chi connectivity index (χ2v) is 5.86. The first-order valence-electron chi connectivity index (χ1n) is 6.80. The van der Waals surface area contributed by atoms with E-state index in [0.29, 0.717) is 15.7 Å². The molecule has 118 valence electrons. The quantitative estimate of drug-likeness (QED) is 0.852. The van der Waals surface area contributed by atoms with Crippen molar-refractivity contribution in [3.63, 3.8) is 0 Å². The molecule has 0 bridgehead atoms. The van der Waals surface area contributed by atoms with E-state index in [4.69, 9.17) is 23.2 Å². The summed E-state index contributed by atoms with van der Waals surface area (Å²) in [6, 6.07) is 9.68. The number of rotatable bonds is 3. The number of carbonyl (C=O) groups is 2. The zero-order valence-electron chi connectivity index (χ0n) is 11.7. The van der Waals surface area contributed by atoms with Gasteiger partial charge in [-0.1, -0.05) is 35.3 Å². The van der Waals surface area contributed by atoms with Gasteiger partial charge in [0, 0.05) is 5.69 Å². The van der Waals surface area contributed by atoms with Gasteiger partial charge in [-0.25, -0.2) is 9.29 Å². The molecule has 1 aliphatic heterocycles. The van der Waals surface area contributed by atoms with Gasteiger partial charge in [0.15, 0.2) is 0 Å². The fraction of sp³-hybridized carbons (Fsp3) is 0.125. The molecule has 7 heteroatoms. The lowest BCUT2D eigenvalue weighted by Gasteiger charge is -2.16. The summed E-state index contributed by atoms with van der Waals surface area (Å²) in [6.07, 6.45) is -0.0621. The monoisotopic (exact) mass is 352 g/mol. The largest absolute Gasteiger partial charge is 0.373 e. The van der Waals surface area contributed by atoms with Gasteiger partial charge in [0.1, 0.15) is 11.9 Å². The second-order valence-electron chi connectivity index (χ2n) is 5.05. The fourth-order valence-corrected chi connectivity index (χ4v) is 2.72. The highest BCUT2D eigenvalue weighted by Crippen LogP contribution is 2.29. The highest BCUT2D eigenvalue weighted by Gasteiger charge is 2.40. The van der Waals surface area contributed by atoms with Crippen LogP contribution >= 0.6 is 23.2 Å². The zero-order chi connectivity index (χ0) is 16.6. The number of para-hydroxylation sites is 1. The highest BCUT2D eigenvalue weighted by atomic mass is 35.5. The van der Waals surface area contributed by atoms with Crippen molar-refractivity contribution in [3.8, 4) is 0 Å². The maximum Gasteiger partial charge on any atom is 0.256 e. The summed E-state index contributed by atoms with van der Waals surface area (Å²) in [5.41, 5.74) is 0.516. The standard InChI is InChI=1S/C16H11Cl2FN2O2/c17-10-6-5-9(7-11(10)18)20-13-8-15(22)21(16(13)23)14-4-2-1-3-12(14)19/h1-7,13,20H,8H2/t13-/m1/s1. The highest BCUT2D eigenvalue weighted by molar-refractivity contribution is 6.42. The molecule has 1 atom stereocenters. The van der Waals surface area contributed by atoms with Gasteiger partial charge in [0.25, 0.3) is 5.91 Å². The van der Waals surface area contributed by atoms with Gasteiger partial charge in [-0.15, -0.1) is 0 Å². The maximum absolute atomic E-state index is 13.8. The SMILES string of the molecule is O=C1C[C@@H](Nc2ccc(Cl)c(Cl)c2)C(=O)N1c1ccccc1F. The van der Waals surface area contributed by atoms with Crippen LogP contribution < -0.4 is 10.2 Å².